The van der Waals surface area contributed by atoms with Gasteiger partial charge in [0.05, 0.1) is 24.5 Å². The van der Waals surface area contributed by atoms with Crippen molar-refractivity contribution < 1.29 is 11.0 Å². The summed E-state index contributed by atoms with van der Waals surface area (Å²) in [6.07, 6.45) is 6.16. The molecule has 156 valence electrons. The number of fused-ring (bicyclic) bond motifs is 1. The minimum absolute atomic E-state index is 0. The number of aryl methyl sites for hydroxylation is 1. The number of hydrogen-bond donors (Lipinski definition) is 2. The van der Waals surface area contributed by atoms with E-state index in [2.05, 4.69) is 35.4 Å². The van der Waals surface area contributed by atoms with Crippen molar-refractivity contribution in [3.8, 4) is 22.8 Å². The summed E-state index contributed by atoms with van der Waals surface area (Å²) in [5, 5.41) is 9.53. The molecule has 0 bridgehead atoms. The molecule has 1 aliphatic carbocycles. The fraction of sp³-hybridized carbons (Fsp3) is 0.400. The van der Waals surface area contributed by atoms with Gasteiger partial charge in [-0.15, -0.1) is 0 Å². The van der Waals surface area contributed by atoms with E-state index in [9.17, 15) is 4.79 Å². The molecule has 10 heteroatoms. The smallest absolute Gasteiger partial charge is 0.245 e. The van der Waals surface area contributed by atoms with E-state index >= 15 is 0 Å². The third-order valence-corrected chi connectivity index (χ3v) is 5.75. The summed E-state index contributed by atoms with van der Waals surface area (Å²) < 4.78 is 5.51. The van der Waals surface area contributed by atoms with Crippen LogP contribution in [0.2, 0.25) is 0 Å². The van der Waals surface area contributed by atoms with Crippen LogP contribution in [0.5, 0.6) is 0 Å². The zero-order valence-electron chi connectivity index (χ0n) is 16.8. The second kappa shape index (κ2) is 7.45. The predicted octanol–water partition coefficient (Wildman–Crippen LogP) is 2.20. The van der Waals surface area contributed by atoms with Crippen molar-refractivity contribution in [3.05, 3.63) is 30.4 Å². The van der Waals surface area contributed by atoms with E-state index < -0.39 is 0 Å². The molecule has 30 heavy (non-hydrogen) atoms. The van der Waals surface area contributed by atoms with E-state index in [0.717, 1.165) is 30.5 Å². The van der Waals surface area contributed by atoms with Gasteiger partial charge in [-0.05, 0) is 38.3 Å². The van der Waals surface area contributed by atoms with Crippen LogP contribution in [0, 0.1) is 6.92 Å². The molecular formula is C20H24N8O2. The average Bonchev–Trinajstić information content (AvgIpc) is 3.45. The summed E-state index contributed by atoms with van der Waals surface area (Å²) in [7, 11) is 1.74. The molecule has 1 saturated carbocycles. The SMILES string of the molecule is CO[C@H]1CC[C@@H](N2CC(=O)Nc3ncc(-c4ccc(-c5ncn[nH]5)nc4C)nc32)C1.[HH]. The minimum atomic E-state index is -0.0697. The molecule has 10 nitrogen and oxygen atoms in total. The summed E-state index contributed by atoms with van der Waals surface area (Å²) in [5.41, 5.74) is 3.12. The number of aromatic amines is 1. The molecule has 3 aromatic heterocycles. The van der Waals surface area contributed by atoms with Gasteiger partial charge in [0.25, 0.3) is 0 Å². The highest BCUT2D eigenvalue weighted by Crippen LogP contribution is 2.35. The number of nitrogens with one attached hydrogen (secondary N) is 2. The molecule has 0 saturated heterocycles. The number of H-pyrrole nitrogens is 1. The van der Waals surface area contributed by atoms with Crippen molar-refractivity contribution in [3.63, 3.8) is 0 Å². The number of methoxy groups -OCH3 is 1. The Hall–Kier alpha value is -3.40. The summed E-state index contributed by atoms with van der Waals surface area (Å²) in [4.78, 5) is 32.4. The maximum atomic E-state index is 12.2. The Kier molecular flexibility index (Phi) is 4.62. The topological polar surface area (TPSA) is 122 Å². The Morgan fingerprint density at radius 2 is 2.10 bits per heavy atom. The van der Waals surface area contributed by atoms with Crippen LogP contribution >= 0.6 is 0 Å². The number of nitrogens with zero attached hydrogens (tertiary/aromatic N) is 6. The van der Waals surface area contributed by atoms with Gasteiger partial charge in [0.2, 0.25) is 5.91 Å². The molecule has 5 rings (SSSR count). The average molecular weight is 408 g/mol. The van der Waals surface area contributed by atoms with Gasteiger partial charge in [-0.3, -0.25) is 9.89 Å². The van der Waals surface area contributed by atoms with Gasteiger partial charge >= 0.3 is 0 Å². The lowest BCUT2D eigenvalue weighted by Crippen LogP contribution is -2.44. The third kappa shape index (κ3) is 3.28. The first-order chi connectivity index (χ1) is 14.6. The second-order valence-corrected chi connectivity index (χ2v) is 7.59. The van der Waals surface area contributed by atoms with E-state index in [1.165, 1.54) is 6.33 Å². The number of hydrogen-bond acceptors (Lipinski definition) is 8. The standard InChI is InChI=1S/C20H22N8O2.H2/c1-11-14(5-6-15(24-11)18-22-10-23-27-18)16-8-21-19-20(25-16)28(9-17(29)26-19)12-3-4-13(7-12)30-2;/h5-6,8,10,12-13H,3-4,7,9H2,1-2H3,(H,21,26,29)(H,22,23,27);1H/t12-,13+;/m1./s1. The van der Waals surface area contributed by atoms with Gasteiger partial charge < -0.3 is 15.0 Å². The Morgan fingerprint density at radius 3 is 2.83 bits per heavy atom. The number of carbonyl (C=O) groups is 1. The fourth-order valence-corrected chi connectivity index (χ4v) is 4.21. The zero-order valence-corrected chi connectivity index (χ0v) is 16.8. The molecule has 0 unspecified atom stereocenters. The number of rotatable bonds is 4. The molecule has 1 amide bonds. The molecule has 3 aromatic rings. The number of aromatic nitrogens is 6. The van der Waals surface area contributed by atoms with Gasteiger partial charge in [0.15, 0.2) is 17.5 Å². The van der Waals surface area contributed by atoms with Gasteiger partial charge in [-0.2, -0.15) is 5.10 Å². The van der Waals surface area contributed by atoms with Crippen LogP contribution in [-0.2, 0) is 9.53 Å². The van der Waals surface area contributed by atoms with Crippen LogP contribution in [0.15, 0.2) is 24.7 Å². The number of ether oxygens (including phenoxy) is 1. The minimum Gasteiger partial charge on any atom is -0.381 e. The Bertz CT molecular complexity index is 1090. The maximum Gasteiger partial charge on any atom is 0.245 e. The lowest BCUT2D eigenvalue weighted by molar-refractivity contribution is -0.115. The summed E-state index contributed by atoms with van der Waals surface area (Å²) in [6, 6.07) is 4.04. The van der Waals surface area contributed by atoms with E-state index in [1.807, 2.05) is 19.1 Å². The molecule has 4 heterocycles. The molecule has 1 aliphatic heterocycles. The van der Waals surface area contributed by atoms with Gasteiger partial charge in [-0.25, -0.2) is 19.9 Å². The van der Waals surface area contributed by atoms with Crippen LogP contribution in [0.1, 0.15) is 26.4 Å². The predicted molar refractivity (Wildman–Crippen MR) is 112 cm³/mol. The first-order valence-corrected chi connectivity index (χ1v) is 9.92. The number of pyridine rings is 1. The first-order valence-electron chi connectivity index (χ1n) is 9.92. The van der Waals surface area contributed by atoms with Crippen molar-refractivity contribution >= 4 is 17.5 Å². The molecular weight excluding hydrogens is 384 g/mol. The third-order valence-electron chi connectivity index (χ3n) is 5.75. The second-order valence-electron chi connectivity index (χ2n) is 7.59. The fourth-order valence-electron chi connectivity index (χ4n) is 4.21. The quantitative estimate of drug-likeness (QED) is 0.674. The highest BCUT2D eigenvalue weighted by atomic mass is 16.5. The van der Waals surface area contributed by atoms with Gasteiger partial charge in [-0.1, -0.05) is 0 Å². The van der Waals surface area contributed by atoms with Crippen LogP contribution in [0.4, 0.5) is 11.6 Å². The molecule has 2 atom stereocenters. The van der Waals surface area contributed by atoms with Crippen molar-refractivity contribution in [2.45, 2.75) is 38.3 Å². The molecule has 0 radical (unpaired) electrons. The summed E-state index contributed by atoms with van der Waals surface area (Å²) >= 11 is 0. The Morgan fingerprint density at radius 1 is 1.20 bits per heavy atom. The van der Waals surface area contributed by atoms with Crippen LogP contribution in [0.3, 0.4) is 0 Å². The van der Waals surface area contributed by atoms with Gasteiger partial charge in [0.1, 0.15) is 12.0 Å². The van der Waals surface area contributed by atoms with Gasteiger partial charge in [0, 0.05) is 25.8 Å². The largest absolute Gasteiger partial charge is 0.381 e. The van der Waals surface area contributed by atoms with Crippen LogP contribution < -0.4 is 10.2 Å². The lowest BCUT2D eigenvalue weighted by Gasteiger charge is -2.34. The molecule has 0 aromatic carbocycles. The van der Waals surface area contributed by atoms with Crippen molar-refractivity contribution in [1.29, 1.82) is 0 Å². The van der Waals surface area contributed by atoms with E-state index in [-0.39, 0.29) is 26.0 Å². The monoisotopic (exact) mass is 408 g/mol. The maximum absolute atomic E-state index is 12.2. The Balaban J connectivity index is 0.00000231. The zero-order chi connectivity index (χ0) is 20.7. The molecule has 2 aliphatic rings. The van der Waals surface area contributed by atoms with E-state index in [0.29, 0.717) is 28.8 Å². The van der Waals surface area contributed by atoms with Crippen molar-refractivity contribution in [2.75, 3.05) is 23.9 Å². The normalized spacial score (nSPS) is 20.9. The summed E-state index contributed by atoms with van der Waals surface area (Å²) in [6.45, 7) is 2.20. The number of amides is 1. The molecule has 0 spiro atoms. The van der Waals surface area contributed by atoms with Crippen molar-refractivity contribution in [1.82, 2.24) is 30.1 Å². The van der Waals surface area contributed by atoms with Crippen molar-refractivity contribution in [2.24, 2.45) is 0 Å². The summed E-state index contributed by atoms with van der Waals surface area (Å²) in [5.74, 6) is 1.75. The first kappa shape index (κ1) is 18.6. The van der Waals surface area contributed by atoms with Crippen LogP contribution in [-0.4, -0.2) is 61.8 Å². The molecule has 2 N–H and O–H groups in total. The van der Waals surface area contributed by atoms with E-state index in [1.54, 1.807) is 13.3 Å². The van der Waals surface area contributed by atoms with E-state index in [4.69, 9.17) is 9.72 Å². The van der Waals surface area contributed by atoms with Crippen LogP contribution in [0.25, 0.3) is 22.8 Å². The highest BCUT2D eigenvalue weighted by Gasteiger charge is 2.35. The lowest BCUT2D eigenvalue weighted by atomic mass is 10.1. The number of anilines is 2. The highest BCUT2D eigenvalue weighted by molar-refractivity contribution is 5.99. The Labute approximate surface area is 174 Å². The number of carbonyl (C=O) groups excluding carboxylic acids is 1. The molecule has 1 fully saturated rings.